The van der Waals surface area contributed by atoms with Crippen molar-refractivity contribution in [3.05, 3.63) is 46.6 Å². The second-order valence-electron chi connectivity index (χ2n) is 6.50. The minimum Gasteiger partial charge on any atom is -0.477 e. The smallest absolute Gasteiger partial charge is 0.238 e. The highest BCUT2D eigenvalue weighted by Gasteiger charge is 2.59. The van der Waals surface area contributed by atoms with Crippen molar-refractivity contribution in [3.8, 4) is 5.88 Å². The zero-order chi connectivity index (χ0) is 18.3. The summed E-state index contributed by atoms with van der Waals surface area (Å²) in [6, 6.07) is 4.44. The number of nitrogens with zero attached hydrogens (tertiary/aromatic N) is 3. The van der Waals surface area contributed by atoms with Crippen LogP contribution in [0.4, 0.5) is 14.5 Å². The van der Waals surface area contributed by atoms with Gasteiger partial charge in [0.25, 0.3) is 0 Å². The second kappa shape index (κ2) is 6.46. The Labute approximate surface area is 154 Å². The van der Waals surface area contributed by atoms with Crippen LogP contribution in [-0.2, 0) is 16.8 Å². The highest BCUT2D eigenvalue weighted by molar-refractivity contribution is 6.28. The number of benzene rings is 1. The van der Waals surface area contributed by atoms with E-state index in [2.05, 4.69) is 9.97 Å². The number of hydrogen-bond acceptors (Lipinski definition) is 4. The highest BCUT2D eigenvalue weighted by Crippen LogP contribution is 2.57. The van der Waals surface area contributed by atoms with E-state index >= 15 is 0 Å². The number of amides is 1. The molecular formula is C18H16ClF2N3O2. The van der Waals surface area contributed by atoms with Crippen molar-refractivity contribution in [2.45, 2.75) is 31.2 Å². The molecule has 1 aromatic carbocycles. The number of carbonyl (C=O) groups excluding carboxylic acids is 1. The fourth-order valence-electron chi connectivity index (χ4n) is 3.38. The predicted molar refractivity (Wildman–Crippen MR) is 91.6 cm³/mol. The van der Waals surface area contributed by atoms with Crippen LogP contribution in [0, 0.1) is 5.82 Å². The van der Waals surface area contributed by atoms with Crippen LogP contribution < -0.4 is 9.64 Å². The Hall–Kier alpha value is -2.28. The van der Waals surface area contributed by atoms with E-state index in [0.29, 0.717) is 11.3 Å². The Bertz CT molecular complexity index is 874. The molecule has 1 aromatic heterocycles. The molecule has 1 fully saturated rings. The molecule has 1 amide bonds. The van der Waals surface area contributed by atoms with Crippen molar-refractivity contribution < 1.29 is 18.3 Å². The third kappa shape index (κ3) is 2.80. The van der Waals surface area contributed by atoms with Crippen molar-refractivity contribution >= 4 is 23.2 Å². The summed E-state index contributed by atoms with van der Waals surface area (Å²) >= 11 is 5.83. The topological polar surface area (TPSA) is 55.3 Å². The zero-order valence-corrected chi connectivity index (χ0v) is 14.6. The van der Waals surface area contributed by atoms with Crippen molar-refractivity contribution in [2.75, 3.05) is 18.2 Å². The molecule has 4 rings (SSSR count). The van der Waals surface area contributed by atoms with Gasteiger partial charge in [-0.15, -0.1) is 0 Å². The number of aromatic nitrogens is 2. The van der Waals surface area contributed by atoms with E-state index < -0.39 is 17.9 Å². The summed E-state index contributed by atoms with van der Waals surface area (Å²) in [5.41, 5.74) is 1.44. The molecule has 2 aromatic rings. The maximum absolute atomic E-state index is 13.8. The van der Waals surface area contributed by atoms with E-state index in [9.17, 15) is 13.6 Å². The molecular weight excluding hydrogens is 364 g/mol. The zero-order valence-electron chi connectivity index (χ0n) is 13.8. The van der Waals surface area contributed by atoms with Gasteiger partial charge in [-0.1, -0.05) is 6.07 Å². The average Bonchev–Trinajstić information content (AvgIpc) is 3.38. The number of rotatable bonds is 6. The van der Waals surface area contributed by atoms with Crippen LogP contribution in [-0.4, -0.2) is 29.2 Å². The SMILES string of the molecule is O=C1N(Cc2cnc(Cl)nc2OCCCF)c2cc(F)ccc2C12CC2. The Morgan fingerprint density at radius 2 is 2.15 bits per heavy atom. The first-order valence-corrected chi connectivity index (χ1v) is 8.75. The summed E-state index contributed by atoms with van der Waals surface area (Å²) in [7, 11) is 0. The number of carbonyl (C=O) groups is 1. The van der Waals surface area contributed by atoms with Gasteiger partial charge in [-0.05, 0) is 42.1 Å². The fraction of sp³-hybridized carbons (Fsp3) is 0.389. The van der Waals surface area contributed by atoms with Crippen LogP contribution in [0.1, 0.15) is 30.4 Å². The lowest BCUT2D eigenvalue weighted by Crippen LogP contribution is -2.31. The molecule has 1 spiro atoms. The number of anilines is 1. The molecule has 0 radical (unpaired) electrons. The summed E-state index contributed by atoms with van der Waals surface area (Å²) in [6.45, 7) is -0.229. The largest absolute Gasteiger partial charge is 0.477 e. The van der Waals surface area contributed by atoms with Gasteiger partial charge in [0.15, 0.2) is 0 Å². The normalized spacial score (nSPS) is 16.9. The van der Waals surface area contributed by atoms with Gasteiger partial charge in [0.05, 0.1) is 36.5 Å². The maximum Gasteiger partial charge on any atom is 0.238 e. The lowest BCUT2D eigenvalue weighted by atomic mass is 9.98. The standard InChI is InChI=1S/C18H16ClF2N3O2/c19-17-22-9-11(15(23-17)26-7-1-6-20)10-24-14-8-12(21)2-3-13(14)18(4-5-18)16(24)25/h2-3,8-9H,1,4-7,10H2. The molecule has 5 nitrogen and oxygen atoms in total. The van der Waals surface area contributed by atoms with Crippen LogP contribution in [0.25, 0.3) is 0 Å². The second-order valence-corrected chi connectivity index (χ2v) is 6.83. The lowest BCUT2D eigenvalue weighted by molar-refractivity contribution is -0.120. The van der Waals surface area contributed by atoms with Crippen LogP contribution in [0.5, 0.6) is 5.88 Å². The molecule has 26 heavy (non-hydrogen) atoms. The number of halogens is 3. The molecule has 2 heterocycles. The Kier molecular flexibility index (Phi) is 4.26. The van der Waals surface area contributed by atoms with Gasteiger partial charge >= 0.3 is 0 Å². The highest BCUT2D eigenvalue weighted by atomic mass is 35.5. The van der Waals surface area contributed by atoms with E-state index in [4.69, 9.17) is 16.3 Å². The third-order valence-corrected chi connectivity index (χ3v) is 4.99. The van der Waals surface area contributed by atoms with E-state index in [-0.39, 0.29) is 36.6 Å². The molecule has 0 saturated heterocycles. The third-order valence-electron chi connectivity index (χ3n) is 4.81. The van der Waals surface area contributed by atoms with Gasteiger partial charge in [-0.3, -0.25) is 9.18 Å². The molecule has 1 aliphatic heterocycles. The van der Waals surface area contributed by atoms with E-state index in [1.54, 1.807) is 11.0 Å². The van der Waals surface area contributed by atoms with Gasteiger partial charge in [0.1, 0.15) is 5.82 Å². The summed E-state index contributed by atoms with van der Waals surface area (Å²) in [5.74, 6) is -0.241. The fourth-order valence-corrected chi connectivity index (χ4v) is 3.50. The lowest BCUT2D eigenvalue weighted by Gasteiger charge is -2.19. The molecule has 136 valence electrons. The molecule has 1 saturated carbocycles. The first-order valence-electron chi connectivity index (χ1n) is 8.37. The first kappa shape index (κ1) is 17.1. The molecule has 8 heteroatoms. The van der Waals surface area contributed by atoms with E-state index in [1.807, 2.05) is 0 Å². The van der Waals surface area contributed by atoms with Gasteiger partial charge in [0.2, 0.25) is 17.1 Å². The van der Waals surface area contributed by atoms with E-state index in [1.165, 1.54) is 18.3 Å². The number of alkyl halides is 1. The number of fused-ring (bicyclic) bond motifs is 2. The van der Waals surface area contributed by atoms with Crippen LogP contribution in [0.2, 0.25) is 5.28 Å². The van der Waals surface area contributed by atoms with Crippen molar-refractivity contribution in [3.63, 3.8) is 0 Å². The summed E-state index contributed by atoms with van der Waals surface area (Å²) in [5, 5.41) is 0.00172. The monoisotopic (exact) mass is 379 g/mol. The Morgan fingerprint density at radius 1 is 1.35 bits per heavy atom. The average molecular weight is 380 g/mol. The number of ether oxygens (including phenoxy) is 1. The molecule has 0 unspecified atom stereocenters. The van der Waals surface area contributed by atoms with Gasteiger partial charge in [0, 0.05) is 12.6 Å². The summed E-state index contributed by atoms with van der Waals surface area (Å²) < 4.78 is 31.6. The molecule has 0 N–H and O–H groups in total. The van der Waals surface area contributed by atoms with Gasteiger partial charge in [-0.2, -0.15) is 4.98 Å². The van der Waals surface area contributed by atoms with Crippen molar-refractivity contribution in [1.29, 1.82) is 0 Å². The van der Waals surface area contributed by atoms with E-state index in [0.717, 1.165) is 18.4 Å². The molecule has 1 aliphatic carbocycles. The first-order chi connectivity index (χ1) is 12.5. The minimum atomic E-state index is -0.522. The molecule has 2 aliphatic rings. The Balaban J connectivity index is 1.66. The Morgan fingerprint density at radius 3 is 2.88 bits per heavy atom. The quantitative estimate of drug-likeness (QED) is 0.568. The van der Waals surface area contributed by atoms with Crippen LogP contribution in [0.15, 0.2) is 24.4 Å². The summed E-state index contributed by atoms with van der Waals surface area (Å²) in [4.78, 5) is 22.5. The minimum absolute atomic E-state index is 0.00172. The molecule has 0 atom stereocenters. The summed E-state index contributed by atoms with van der Waals surface area (Å²) in [6.07, 6.45) is 3.22. The van der Waals surface area contributed by atoms with Crippen LogP contribution >= 0.6 is 11.6 Å². The van der Waals surface area contributed by atoms with Crippen LogP contribution in [0.3, 0.4) is 0 Å². The van der Waals surface area contributed by atoms with Crippen molar-refractivity contribution in [1.82, 2.24) is 9.97 Å². The number of hydrogen-bond donors (Lipinski definition) is 0. The molecule has 0 bridgehead atoms. The maximum atomic E-state index is 13.8. The van der Waals surface area contributed by atoms with Crippen molar-refractivity contribution in [2.24, 2.45) is 0 Å². The predicted octanol–water partition coefficient (Wildman–Crippen LogP) is 3.59. The van der Waals surface area contributed by atoms with Gasteiger partial charge < -0.3 is 9.64 Å². The van der Waals surface area contributed by atoms with Gasteiger partial charge in [-0.25, -0.2) is 9.37 Å².